The summed E-state index contributed by atoms with van der Waals surface area (Å²) in [4.78, 5) is 16.9. The van der Waals surface area contributed by atoms with Crippen molar-refractivity contribution in [2.75, 3.05) is 18.5 Å². The monoisotopic (exact) mass is 336 g/mol. The Morgan fingerprint density at radius 2 is 2.00 bits per heavy atom. The summed E-state index contributed by atoms with van der Waals surface area (Å²) in [7, 11) is 0. The normalized spacial score (nSPS) is 20.1. The molecule has 0 saturated carbocycles. The second kappa shape index (κ2) is 6.29. The number of anilines is 1. The molecule has 2 atom stereocenters. The van der Waals surface area contributed by atoms with E-state index in [-0.39, 0.29) is 17.6 Å². The molecule has 2 aromatic heterocycles. The van der Waals surface area contributed by atoms with Crippen molar-refractivity contribution in [3.8, 4) is 0 Å². The molecule has 1 saturated heterocycles. The summed E-state index contributed by atoms with van der Waals surface area (Å²) in [6.07, 6.45) is 0. The molecule has 4 rings (SSSR count). The Kier molecular flexibility index (Phi) is 3.97. The molecule has 25 heavy (non-hydrogen) atoms. The van der Waals surface area contributed by atoms with E-state index in [1.54, 1.807) is 12.1 Å². The molecule has 3 heterocycles. The van der Waals surface area contributed by atoms with Crippen molar-refractivity contribution in [1.82, 2.24) is 14.8 Å². The van der Waals surface area contributed by atoms with E-state index >= 15 is 0 Å². The largest absolute Gasteiger partial charge is 0.377 e. The van der Waals surface area contributed by atoms with Crippen molar-refractivity contribution >= 4 is 16.7 Å². The minimum atomic E-state index is -0.152. The third-order valence-corrected chi connectivity index (χ3v) is 4.58. The van der Waals surface area contributed by atoms with Crippen molar-refractivity contribution in [2.24, 2.45) is 0 Å². The molecule has 1 N–H and O–H groups in total. The van der Waals surface area contributed by atoms with Crippen LogP contribution in [0.3, 0.4) is 0 Å². The number of pyridine rings is 1. The lowest BCUT2D eigenvalue weighted by Crippen LogP contribution is -2.37. The molecule has 1 aliphatic rings. The minimum absolute atomic E-state index is 0.0555. The van der Waals surface area contributed by atoms with Crippen LogP contribution in [0.25, 0.3) is 10.9 Å². The van der Waals surface area contributed by atoms with Crippen LogP contribution < -0.4 is 10.9 Å². The molecule has 6 heteroatoms. The van der Waals surface area contributed by atoms with Gasteiger partial charge in [-0.15, -0.1) is 0 Å². The van der Waals surface area contributed by atoms with Gasteiger partial charge in [-0.3, -0.25) is 4.79 Å². The van der Waals surface area contributed by atoms with Gasteiger partial charge in [0.2, 0.25) is 0 Å². The molecule has 0 amide bonds. The molecule has 6 nitrogen and oxygen atoms in total. The van der Waals surface area contributed by atoms with Crippen molar-refractivity contribution in [3.05, 3.63) is 64.1 Å². The van der Waals surface area contributed by atoms with Gasteiger partial charge in [0, 0.05) is 11.5 Å². The number of aromatic nitrogens is 3. The van der Waals surface area contributed by atoms with Crippen LogP contribution in [0.2, 0.25) is 0 Å². The summed E-state index contributed by atoms with van der Waals surface area (Å²) in [6, 6.07) is 13.2. The molecular weight excluding hydrogens is 316 g/mol. The number of nitrogens with one attached hydrogen (secondary N) is 1. The van der Waals surface area contributed by atoms with Crippen molar-refractivity contribution < 1.29 is 4.74 Å². The first kappa shape index (κ1) is 15.8. The summed E-state index contributed by atoms with van der Waals surface area (Å²) < 4.78 is 7.14. The molecule has 0 bridgehead atoms. The summed E-state index contributed by atoms with van der Waals surface area (Å²) in [5, 5.41) is 8.95. The lowest BCUT2D eigenvalue weighted by molar-refractivity contribution is 0.182. The van der Waals surface area contributed by atoms with E-state index in [0.717, 1.165) is 28.0 Å². The third kappa shape index (κ3) is 3.00. The number of ether oxygens (including phenoxy) is 1. The van der Waals surface area contributed by atoms with E-state index in [1.807, 2.05) is 31.2 Å². The maximum absolute atomic E-state index is 12.2. The Labute approximate surface area is 145 Å². The van der Waals surface area contributed by atoms with E-state index in [4.69, 9.17) is 9.72 Å². The SMILES string of the molecule is Cc1ccc(=O)n(C2COCC2Nc2cc(C)c3ccccc3n2)n1. The van der Waals surface area contributed by atoms with Crippen molar-refractivity contribution in [1.29, 1.82) is 0 Å². The number of benzene rings is 1. The highest BCUT2D eigenvalue weighted by Crippen LogP contribution is 2.24. The molecule has 2 unspecified atom stereocenters. The minimum Gasteiger partial charge on any atom is -0.377 e. The smallest absolute Gasteiger partial charge is 0.267 e. The van der Waals surface area contributed by atoms with Crippen LogP contribution in [0.5, 0.6) is 0 Å². The lowest BCUT2D eigenvalue weighted by Gasteiger charge is -2.21. The Morgan fingerprint density at radius 1 is 1.16 bits per heavy atom. The highest BCUT2D eigenvalue weighted by Gasteiger charge is 2.31. The van der Waals surface area contributed by atoms with E-state index < -0.39 is 0 Å². The van der Waals surface area contributed by atoms with Crippen molar-refractivity contribution in [2.45, 2.75) is 25.9 Å². The van der Waals surface area contributed by atoms with Gasteiger partial charge in [-0.25, -0.2) is 9.67 Å². The van der Waals surface area contributed by atoms with Gasteiger partial charge >= 0.3 is 0 Å². The standard InChI is InChI=1S/C19H20N4O2/c1-12-9-18(20-15-6-4-3-5-14(12)15)21-16-10-25-11-17(16)23-19(24)8-7-13(2)22-23/h3-9,16-17H,10-11H2,1-2H3,(H,20,21). The summed E-state index contributed by atoms with van der Waals surface area (Å²) in [6.45, 7) is 4.92. The average molecular weight is 336 g/mol. The first-order valence-electron chi connectivity index (χ1n) is 8.39. The van der Waals surface area contributed by atoms with Crippen LogP contribution in [-0.4, -0.2) is 34.0 Å². The van der Waals surface area contributed by atoms with Gasteiger partial charge in [0.25, 0.3) is 5.56 Å². The summed E-state index contributed by atoms with van der Waals surface area (Å²) in [5.41, 5.74) is 2.81. The zero-order chi connectivity index (χ0) is 17.4. The van der Waals surface area contributed by atoms with Gasteiger partial charge in [-0.05, 0) is 37.6 Å². The van der Waals surface area contributed by atoms with Gasteiger partial charge in [-0.2, -0.15) is 5.10 Å². The van der Waals surface area contributed by atoms with Crippen LogP contribution >= 0.6 is 0 Å². The Hall–Kier alpha value is -2.73. The number of aryl methyl sites for hydroxylation is 2. The van der Waals surface area contributed by atoms with E-state index in [1.165, 1.54) is 4.68 Å². The number of fused-ring (bicyclic) bond motifs is 1. The Balaban J connectivity index is 1.66. The van der Waals surface area contributed by atoms with E-state index in [9.17, 15) is 4.79 Å². The summed E-state index contributed by atoms with van der Waals surface area (Å²) in [5.74, 6) is 0.789. The van der Waals surface area contributed by atoms with E-state index in [2.05, 4.69) is 23.4 Å². The topological polar surface area (TPSA) is 69.0 Å². The second-order valence-electron chi connectivity index (χ2n) is 6.45. The second-order valence-corrected chi connectivity index (χ2v) is 6.45. The van der Waals surface area contributed by atoms with Crippen LogP contribution in [0.4, 0.5) is 5.82 Å². The molecular formula is C19H20N4O2. The first-order chi connectivity index (χ1) is 12.1. The third-order valence-electron chi connectivity index (χ3n) is 4.58. The highest BCUT2D eigenvalue weighted by atomic mass is 16.5. The molecule has 1 aliphatic heterocycles. The molecule has 1 aromatic carbocycles. The lowest BCUT2D eigenvalue weighted by atomic mass is 10.1. The van der Waals surface area contributed by atoms with Gasteiger partial charge < -0.3 is 10.1 Å². The summed E-state index contributed by atoms with van der Waals surface area (Å²) >= 11 is 0. The number of hydrogen-bond donors (Lipinski definition) is 1. The quantitative estimate of drug-likeness (QED) is 0.796. The zero-order valence-electron chi connectivity index (χ0n) is 14.3. The van der Waals surface area contributed by atoms with Crippen molar-refractivity contribution in [3.63, 3.8) is 0 Å². The van der Waals surface area contributed by atoms with Gasteiger partial charge in [0.05, 0.1) is 30.5 Å². The maximum atomic E-state index is 12.2. The van der Waals surface area contributed by atoms with Crippen LogP contribution in [0, 0.1) is 13.8 Å². The Morgan fingerprint density at radius 3 is 2.88 bits per heavy atom. The number of para-hydroxylation sites is 1. The molecule has 128 valence electrons. The highest BCUT2D eigenvalue weighted by molar-refractivity contribution is 5.83. The fourth-order valence-electron chi connectivity index (χ4n) is 3.29. The van der Waals surface area contributed by atoms with Crippen LogP contribution in [0.1, 0.15) is 17.3 Å². The fourth-order valence-corrected chi connectivity index (χ4v) is 3.29. The zero-order valence-corrected chi connectivity index (χ0v) is 14.3. The molecule has 1 fully saturated rings. The van der Waals surface area contributed by atoms with Gasteiger partial charge in [-0.1, -0.05) is 18.2 Å². The van der Waals surface area contributed by atoms with Gasteiger partial charge in [0.1, 0.15) is 11.9 Å². The molecule has 3 aromatic rings. The molecule has 0 aliphatic carbocycles. The maximum Gasteiger partial charge on any atom is 0.267 e. The number of hydrogen-bond acceptors (Lipinski definition) is 5. The molecule has 0 radical (unpaired) electrons. The molecule has 0 spiro atoms. The Bertz CT molecular complexity index is 983. The number of rotatable bonds is 3. The van der Waals surface area contributed by atoms with E-state index in [0.29, 0.717) is 13.2 Å². The number of nitrogens with zero attached hydrogens (tertiary/aromatic N) is 3. The predicted molar refractivity (Wildman–Crippen MR) is 97.0 cm³/mol. The van der Waals surface area contributed by atoms with Gasteiger partial charge in [0.15, 0.2) is 0 Å². The predicted octanol–water partition coefficient (Wildman–Crippen LogP) is 2.46. The first-order valence-corrected chi connectivity index (χ1v) is 8.39. The van der Waals surface area contributed by atoms with Crippen LogP contribution in [-0.2, 0) is 4.74 Å². The average Bonchev–Trinajstić information content (AvgIpc) is 3.05. The van der Waals surface area contributed by atoms with Crippen LogP contribution in [0.15, 0.2) is 47.3 Å². The fraction of sp³-hybridized carbons (Fsp3) is 0.316.